The summed E-state index contributed by atoms with van der Waals surface area (Å²) in [7, 11) is 1.29. The van der Waals surface area contributed by atoms with Gasteiger partial charge in [-0.25, -0.2) is 9.18 Å². The number of methoxy groups -OCH3 is 1. The Morgan fingerprint density at radius 2 is 1.66 bits per heavy atom. The van der Waals surface area contributed by atoms with E-state index in [1.165, 1.54) is 31.4 Å². The normalized spacial score (nSPS) is 11.1. The highest BCUT2D eigenvalue weighted by molar-refractivity contribution is 6.11. The van der Waals surface area contributed by atoms with Gasteiger partial charge in [0, 0.05) is 12.1 Å². The lowest BCUT2D eigenvalue weighted by molar-refractivity contribution is -0.112. The van der Waals surface area contributed by atoms with E-state index in [9.17, 15) is 19.2 Å². The number of halogens is 1. The number of rotatable bonds is 6. The Hall–Kier alpha value is -4.76. The highest BCUT2D eigenvalue weighted by Gasteiger charge is 2.15. The van der Waals surface area contributed by atoms with Gasteiger partial charge in [0.25, 0.3) is 5.91 Å². The molecule has 0 saturated carbocycles. The number of carbonyl (C=O) groups excluding carboxylic acids is 2. The Bertz CT molecular complexity index is 1480. The van der Waals surface area contributed by atoms with Crippen LogP contribution < -0.4 is 5.32 Å². The van der Waals surface area contributed by atoms with Crippen LogP contribution in [-0.4, -0.2) is 19.0 Å². The van der Waals surface area contributed by atoms with Crippen LogP contribution in [0.25, 0.3) is 16.8 Å². The molecule has 0 heterocycles. The third-order valence-electron chi connectivity index (χ3n) is 5.62. The molecule has 1 amide bonds. The van der Waals surface area contributed by atoms with Crippen LogP contribution in [0, 0.1) is 17.1 Å². The van der Waals surface area contributed by atoms with Crippen LogP contribution in [0.1, 0.15) is 27.0 Å². The molecule has 4 rings (SSSR count). The molecular weight excluding hydrogens is 443 g/mol. The molecular formula is C29H21FN2O3. The van der Waals surface area contributed by atoms with Crippen molar-refractivity contribution in [3.8, 4) is 6.07 Å². The largest absolute Gasteiger partial charge is 0.465 e. The maximum Gasteiger partial charge on any atom is 0.337 e. The van der Waals surface area contributed by atoms with Crippen LogP contribution >= 0.6 is 0 Å². The summed E-state index contributed by atoms with van der Waals surface area (Å²) < 4.78 is 19.0. The van der Waals surface area contributed by atoms with Gasteiger partial charge in [0.1, 0.15) is 17.5 Å². The van der Waals surface area contributed by atoms with E-state index in [-0.39, 0.29) is 11.4 Å². The Labute approximate surface area is 202 Å². The molecule has 0 aliphatic heterocycles. The fourth-order valence-corrected chi connectivity index (χ4v) is 3.81. The molecule has 1 N–H and O–H groups in total. The molecule has 0 aromatic heterocycles. The van der Waals surface area contributed by atoms with Crippen molar-refractivity contribution in [3.63, 3.8) is 0 Å². The SMILES string of the molecule is COC(=O)c1ccc(NC(=O)/C(C#N)=C/c2c(Cc3ccccc3F)ccc3ccccc23)cc1. The maximum absolute atomic E-state index is 14.4. The number of amides is 1. The molecule has 0 saturated heterocycles. The molecule has 4 aromatic rings. The van der Waals surface area contributed by atoms with Crippen molar-refractivity contribution in [1.82, 2.24) is 0 Å². The second-order valence-corrected chi connectivity index (χ2v) is 7.82. The molecule has 0 atom stereocenters. The van der Waals surface area contributed by atoms with Gasteiger partial charge < -0.3 is 10.1 Å². The van der Waals surface area contributed by atoms with Crippen molar-refractivity contribution in [2.45, 2.75) is 6.42 Å². The Kier molecular flexibility index (Phi) is 6.99. The molecule has 5 nitrogen and oxygen atoms in total. The monoisotopic (exact) mass is 464 g/mol. The molecule has 0 aliphatic carbocycles. The van der Waals surface area contributed by atoms with E-state index in [4.69, 9.17) is 0 Å². The van der Waals surface area contributed by atoms with Gasteiger partial charge in [-0.05, 0) is 63.9 Å². The predicted molar refractivity (Wildman–Crippen MR) is 133 cm³/mol. The van der Waals surface area contributed by atoms with Crippen LogP contribution in [0.2, 0.25) is 0 Å². The van der Waals surface area contributed by atoms with Crippen molar-refractivity contribution < 1.29 is 18.7 Å². The van der Waals surface area contributed by atoms with Gasteiger partial charge in [0.05, 0.1) is 12.7 Å². The number of carbonyl (C=O) groups is 2. The number of ether oxygens (including phenoxy) is 1. The summed E-state index contributed by atoms with van der Waals surface area (Å²) in [6.07, 6.45) is 1.84. The minimum Gasteiger partial charge on any atom is -0.465 e. The summed E-state index contributed by atoms with van der Waals surface area (Å²) in [4.78, 5) is 24.5. The molecule has 172 valence electrons. The van der Waals surface area contributed by atoms with Gasteiger partial charge in [-0.2, -0.15) is 5.26 Å². The van der Waals surface area contributed by atoms with E-state index < -0.39 is 11.9 Å². The Balaban J connectivity index is 1.71. The third kappa shape index (κ3) is 5.26. The summed E-state index contributed by atoms with van der Waals surface area (Å²) in [6, 6.07) is 26.1. The molecule has 0 bridgehead atoms. The van der Waals surface area contributed by atoms with Crippen LogP contribution in [0.5, 0.6) is 0 Å². The lowest BCUT2D eigenvalue weighted by Gasteiger charge is -2.12. The van der Waals surface area contributed by atoms with Gasteiger partial charge in [-0.1, -0.05) is 54.6 Å². The third-order valence-corrected chi connectivity index (χ3v) is 5.62. The first-order chi connectivity index (χ1) is 17.0. The van der Waals surface area contributed by atoms with Gasteiger partial charge in [0.15, 0.2) is 0 Å². The second kappa shape index (κ2) is 10.4. The van der Waals surface area contributed by atoms with Crippen molar-refractivity contribution in [1.29, 1.82) is 5.26 Å². The fourth-order valence-electron chi connectivity index (χ4n) is 3.81. The number of benzene rings is 4. The van der Waals surface area contributed by atoms with Gasteiger partial charge in [0.2, 0.25) is 0 Å². The van der Waals surface area contributed by atoms with Crippen molar-refractivity contribution in [3.05, 3.63) is 119 Å². The Morgan fingerprint density at radius 3 is 2.37 bits per heavy atom. The highest BCUT2D eigenvalue weighted by Crippen LogP contribution is 2.28. The maximum atomic E-state index is 14.4. The lowest BCUT2D eigenvalue weighted by Crippen LogP contribution is -2.14. The second-order valence-electron chi connectivity index (χ2n) is 7.82. The highest BCUT2D eigenvalue weighted by atomic mass is 19.1. The van der Waals surface area contributed by atoms with E-state index in [0.29, 0.717) is 28.8 Å². The van der Waals surface area contributed by atoms with Gasteiger partial charge in [-0.3, -0.25) is 4.79 Å². The predicted octanol–water partition coefficient (Wildman–Crippen LogP) is 5.90. The number of anilines is 1. The zero-order chi connectivity index (χ0) is 24.8. The first-order valence-electron chi connectivity index (χ1n) is 10.9. The van der Waals surface area contributed by atoms with Crippen LogP contribution in [0.4, 0.5) is 10.1 Å². The van der Waals surface area contributed by atoms with Gasteiger partial charge in [-0.15, -0.1) is 0 Å². The molecule has 0 radical (unpaired) electrons. The number of nitrogens with one attached hydrogen (secondary N) is 1. The average Bonchev–Trinajstić information content (AvgIpc) is 2.89. The summed E-state index contributed by atoms with van der Waals surface area (Å²) in [5, 5.41) is 14.3. The minimum absolute atomic E-state index is 0.104. The first kappa shape index (κ1) is 23.4. The van der Waals surface area contributed by atoms with Gasteiger partial charge >= 0.3 is 5.97 Å². The lowest BCUT2D eigenvalue weighted by atomic mass is 9.93. The molecule has 0 aliphatic rings. The van der Waals surface area contributed by atoms with E-state index in [0.717, 1.165) is 16.3 Å². The fraction of sp³-hybridized carbons (Fsp3) is 0.0690. The molecule has 6 heteroatoms. The number of nitrogens with zero attached hydrogens (tertiary/aromatic N) is 1. The zero-order valence-electron chi connectivity index (χ0n) is 18.9. The molecule has 0 fully saturated rings. The molecule has 0 spiro atoms. The van der Waals surface area contributed by atoms with E-state index in [1.54, 1.807) is 30.3 Å². The number of hydrogen-bond acceptors (Lipinski definition) is 4. The van der Waals surface area contributed by atoms with E-state index in [2.05, 4.69) is 10.1 Å². The Morgan fingerprint density at radius 1 is 0.943 bits per heavy atom. The summed E-state index contributed by atoms with van der Waals surface area (Å²) in [6.45, 7) is 0. The number of fused-ring (bicyclic) bond motifs is 1. The van der Waals surface area contributed by atoms with Crippen LogP contribution in [0.3, 0.4) is 0 Å². The first-order valence-corrected chi connectivity index (χ1v) is 10.9. The van der Waals surface area contributed by atoms with E-state index >= 15 is 0 Å². The van der Waals surface area contributed by atoms with Crippen LogP contribution in [-0.2, 0) is 16.0 Å². The number of hydrogen-bond donors (Lipinski definition) is 1. The standard InChI is InChI=1S/C29H21FN2O3/c1-35-29(34)20-12-14-24(15-13-20)32-28(33)23(18-31)17-26-21(16-22-7-3-5-9-27(22)30)11-10-19-6-2-4-8-25(19)26/h2-15,17H,16H2,1H3,(H,32,33)/b23-17+. The summed E-state index contributed by atoms with van der Waals surface area (Å²) in [5.41, 5.74) is 2.65. The zero-order valence-corrected chi connectivity index (χ0v) is 18.9. The number of esters is 1. The number of nitriles is 1. The molecule has 0 unspecified atom stereocenters. The van der Waals surface area contributed by atoms with E-state index in [1.807, 2.05) is 42.5 Å². The topological polar surface area (TPSA) is 79.2 Å². The summed E-state index contributed by atoms with van der Waals surface area (Å²) >= 11 is 0. The van der Waals surface area contributed by atoms with Crippen molar-refractivity contribution in [2.75, 3.05) is 12.4 Å². The molecule has 4 aromatic carbocycles. The van der Waals surface area contributed by atoms with Crippen molar-refractivity contribution in [2.24, 2.45) is 0 Å². The average molecular weight is 464 g/mol. The van der Waals surface area contributed by atoms with Crippen LogP contribution in [0.15, 0.2) is 90.5 Å². The minimum atomic E-state index is -0.594. The summed E-state index contributed by atoms with van der Waals surface area (Å²) in [5.74, 6) is -1.40. The van der Waals surface area contributed by atoms with Crippen molar-refractivity contribution >= 4 is 34.4 Å². The smallest absolute Gasteiger partial charge is 0.337 e. The molecule has 35 heavy (non-hydrogen) atoms. The quantitative estimate of drug-likeness (QED) is 0.219.